The molecule has 0 aromatic heterocycles. The van der Waals surface area contributed by atoms with Crippen molar-refractivity contribution < 1.29 is 0 Å². The molecule has 1 spiro atoms. The molecule has 0 bridgehead atoms. The van der Waals surface area contributed by atoms with Crippen LogP contribution in [0.5, 0.6) is 0 Å². The van der Waals surface area contributed by atoms with Crippen LogP contribution in [0, 0.1) is 16.7 Å². The summed E-state index contributed by atoms with van der Waals surface area (Å²) in [7, 11) is 0. The van der Waals surface area contributed by atoms with Gasteiger partial charge in [-0.05, 0) is 42.4 Å². The van der Waals surface area contributed by atoms with E-state index in [1.54, 1.807) is 0 Å². The van der Waals surface area contributed by atoms with E-state index in [1.807, 2.05) is 0 Å². The van der Waals surface area contributed by atoms with Gasteiger partial charge >= 0.3 is 0 Å². The van der Waals surface area contributed by atoms with Gasteiger partial charge in [0.2, 0.25) is 0 Å². The first kappa shape index (κ1) is 21.1. The summed E-state index contributed by atoms with van der Waals surface area (Å²) in [6.07, 6.45) is 8.15. The third-order valence-electron chi connectivity index (χ3n) is 8.70. The molecular formula is C24H46N4. The van der Waals surface area contributed by atoms with Gasteiger partial charge in [-0.15, -0.1) is 0 Å². The summed E-state index contributed by atoms with van der Waals surface area (Å²) in [4.78, 5) is 11.3. The molecule has 4 unspecified atom stereocenters. The minimum absolute atomic E-state index is 0.188. The van der Waals surface area contributed by atoms with Gasteiger partial charge in [0.15, 0.2) is 5.91 Å². The Morgan fingerprint density at radius 1 is 0.893 bits per heavy atom. The van der Waals surface area contributed by atoms with Crippen molar-refractivity contribution in [1.29, 1.82) is 0 Å². The first-order valence-electron chi connectivity index (χ1n) is 12.3. The molecule has 4 aliphatic rings. The molecule has 4 heterocycles. The lowest BCUT2D eigenvalue weighted by Crippen LogP contribution is -2.60. The lowest BCUT2D eigenvalue weighted by molar-refractivity contribution is -0.103. The SMILES string of the molecule is CCCC(C)(CC(C)CC(C)(C)CC)CC1CN2CCN3CCN4CCN1C342. The average Bonchev–Trinajstić information content (AvgIpc) is 3.28. The number of hydrogen-bond donors (Lipinski definition) is 0. The quantitative estimate of drug-likeness (QED) is 0.582. The van der Waals surface area contributed by atoms with E-state index in [0.717, 1.165) is 12.0 Å². The molecule has 28 heavy (non-hydrogen) atoms. The third kappa shape index (κ3) is 3.36. The highest BCUT2D eigenvalue weighted by Gasteiger charge is 2.67. The molecule has 0 radical (unpaired) electrons. The zero-order valence-corrected chi connectivity index (χ0v) is 19.6. The van der Waals surface area contributed by atoms with Gasteiger partial charge in [-0.3, -0.25) is 19.6 Å². The second-order valence-electron chi connectivity index (χ2n) is 11.7. The third-order valence-corrected chi connectivity index (χ3v) is 8.70. The highest BCUT2D eigenvalue weighted by Crippen LogP contribution is 2.50. The van der Waals surface area contributed by atoms with E-state index in [-0.39, 0.29) is 5.91 Å². The van der Waals surface area contributed by atoms with E-state index in [4.69, 9.17) is 0 Å². The van der Waals surface area contributed by atoms with Gasteiger partial charge in [-0.2, -0.15) is 0 Å². The predicted molar refractivity (Wildman–Crippen MR) is 118 cm³/mol. The summed E-state index contributed by atoms with van der Waals surface area (Å²) < 4.78 is 0. The van der Waals surface area contributed by atoms with Crippen LogP contribution in [0.15, 0.2) is 0 Å². The van der Waals surface area contributed by atoms with Crippen molar-refractivity contribution in [3.63, 3.8) is 0 Å². The highest BCUT2D eigenvalue weighted by atomic mass is 15.8. The summed E-state index contributed by atoms with van der Waals surface area (Å²) >= 11 is 0. The fourth-order valence-corrected chi connectivity index (χ4v) is 7.61. The van der Waals surface area contributed by atoms with Gasteiger partial charge in [-0.25, -0.2) is 0 Å². The van der Waals surface area contributed by atoms with Crippen LogP contribution in [0.1, 0.15) is 80.1 Å². The van der Waals surface area contributed by atoms with Crippen LogP contribution in [0.25, 0.3) is 0 Å². The minimum Gasteiger partial charge on any atom is -0.257 e. The van der Waals surface area contributed by atoms with Gasteiger partial charge in [0.25, 0.3) is 0 Å². The largest absolute Gasteiger partial charge is 0.257 e. The summed E-state index contributed by atoms with van der Waals surface area (Å²) in [5, 5.41) is 0. The standard InChI is InChI=1S/C24H46N4/c1-7-9-23(6,17-20(3)16-22(4,5)8-2)18-21-19-27-13-12-25-10-11-26-14-15-28(21)24(25,26)27/h20-21H,7-19H2,1-6H3. The predicted octanol–water partition coefficient (Wildman–Crippen LogP) is 4.28. The van der Waals surface area contributed by atoms with Crippen LogP contribution >= 0.6 is 0 Å². The normalized spacial score (nSPS) is 34.7. The molecule has 162 valence electrons. The Balaban J connectivity index is 1.47. The van der Waals surface area contributed by atoms with Crippen molar-refractivity contribution in [3.05, 3.63) is 0 Å². The Kier molecular flexibility index (Phi) is 5.66. The van der Waals surface area contributed by atoms with Gasteiger partial charge in [-0.1, -0.05) is 54.4 Å². The van der Waals surface area contributed by atoms with Gasteiger partial charge in [0.05, 0.1) is 0 Å². The van der Waals surface area contributed by atoms with Gasteiger partial charge in [0, 0.05) is 51.9 Å². The van der Waals surface area contributed by atoms with Crippen molar-refractivity contribution in [2.45, 2.75) is 92.0 Å². The van der Waals surface area contributed by atoms with Crippen LogP contribution < -0.4 is 0 Å². The van der Waals surface area contributed by atoms with Crippen LogP contribution in [0.3, 0.4) is 0 Å². The lowest BCUT2D eigenvalue weighted by Gasteiger charge is -2.42. The van der Waals surface area contributed by atoms with Crippen molar-refractivity contribution >= 4 is 0 Å². The first-order valence-corrected chi connectivity index (χ1v) is 12.3. The van der Waals surface area contributed by atoms with Crippen LogP contribution in [0.4, 0.5) is 0 Å². The van der Waals surface area contributed by atoms with Crippen molar-refractivity contribution in [1.82, 2.24) is 19.6 Å². The highest BCUT2D eigenvalue weighted by molar-refractivity contribution is 5.12. The number of hydrogen-bond acceptors (Lipinski definition) is 4. The Morgan fingerprint density at radius 2 is 1.50 bits per heavy atom. The fourth-order valence-electron chi connectivity index (χ4n) is 7.61. The molecule has 4 nitrogen and oxygen atoms in total. The molecule has 4 fully saturated rings. The maximum atomic E-state index is 2.92. The maximum absolute atomic E-state index is 2.92. The van der Waals surface area contributed by atoms with Crippen LogP contribution in [0.2, 0.25) is 0 Å². The zero-order valence-electron chi connectivity index (χ0n) is 19.6. The second kappa shape index (κ2) is 7.51. The van der Waals surface area contributed by atoms with Crippen LogP contribution in [-0.2, 0) is 0 Å². The molecular weight excluding hydrogens is 344 g/mol. The smallest absolute Gasteiger partial charge is 0.192 e. The lowest BCUT2D eigenvalue weighted by atomic mass is 9.70. The Bertz CT molecular complexity index is 552. The van der Waals surface area contributed by atoms with E-state index in [9.17, 15) is 0 Å². The van der Waals surface area contributed by atoms with E-state index >= 15 is 0 Å². The molecule has 4 saturated heterocycles. The fraction of sp³-hybridized carbons (Fsp3) is 1.00. The first-order chi connectivity index (χ1) is 13.2. The van der Waals surface area contributed by atoms with Crippen molar-refractivity contribution in [2.24, 2.45) is 16.7 Å². The van der Waals surface area contributed by atoms with Crippen molar-refractivity contribution in [2.75, 3.05) is 45.8 Å². The molecule has 4 aliphatic heterocycles. The Labute approximate surface area is 174 Å². The summed E-state index contributed by atoms with van der Waals surface area (Å²) in [6.45, 7) is 23.7. The maximum Gasteiger partial charge on any atom is 0.192 e. The second-order valence-corrected chi connectivity index (χ2v) is 11.7. The molecule has 0 N–H and O–H groups in total. The minimum atomic E-state index is 0.188. The zero-order chi connectivity index (χ0) is 20.2. The molecule has 0 amide bonds. The van der Waals surface area contributed by atoms with E-state index in [1.165, 1.54) is 84.3 Å². The molecule has 0 aromatic carbocycles. The average molecular weight is 391 g/mol. The van der Waals surface area contributed by atoms with E-state index in [2.05, 4.69) is 61.1 Å². The molecule has 0 aliphatic carbocycles. The molecule has 4 heteroatoms. The van der Waals surface area contributed by atoms with Crippen molar-refractivity contribution in [3.8, 4) is 0 Å². The Hall–Kier alpha value is -0.160. The molecule has 4 atom stereocenters. The van der Waals surface area contributed by atoms with Gasteiger partial charge in [0.1, 0.15) is 0 Å². The molecule has 0 saturated carbocycles. The molecule has 0 aromatic rings. The van der Waals surface area contributed by atoms with E-state index < -0.39 is 0 Å². The number of nitrogens with zero attached hydrogens (tertiary/aromatic N) is 4. The molecule has 4 rings (SSSR count). The summed E-state index contributed by atoms with van der Waals surface area (Å²) in [5.74, 6) is 1.01. The topological polar surface area (TPSA) is 13.0 Å². The summed E-state index contributed by atoms with van der Waals surface area (Å²) in [5.41, 5.74) is 0.970. The Morgan fingerprint density at radius 3 is 2.11 bits per heavy atom. The monoisotopic (exact) mass is 390 g/mol. The summed E-state index contributed by atoms with van der Waals surface area (Å²) in [6, 6.07) is 0.744. The number of rotatable bonds is 9. The van der Waals surface area contributed by atoms with Crippen LogP contribution in [-0.4, -0.2) is 77.4 Å². The van der Waals surface area contributed by atoms with E-state index in [0.29, 0.717) is 10.8 Å². The van der Waals surface area contributed by atoms with Gasteiger partial charge < -0.3 is 0 Å².